The van der Waals surface area contributed by atoms with Crippen LogP contribution >= 0.6 is 0 Å². The van der Waals surface area contributed by atoms with Gasteiger partial charge in [-0.05, 0) is 6.42 Å². The van der Waals surface area contributed by atoms with Gasteiger partial charge in [-0.1, -0.05) is 5.16 Å². The van der Waals surface area contributed by atoms with E-state index in [9.17, 15) is 14.4 Å². The Labute approximate surface area is 108 Å². The minimum atomic E-state index is -1.24. The fourth-order valence-corrected chi connectivity index (χ4v) is 1.25. The maximum Gasteiger partial charge on any atom is 0.326 e. The molecule has 0 bridgehead atoms. The van der Waals surface area contributed by atoms with E-state index >= 15 is 0 Å². The van der Waals surface area contributed by atoms with Crippen LogP contribution in [-0.2, 0) is 16.1 Å². The first kappa shape index (κ1) is 14.5. The lowest BCUT2D eigenvalue weighted by atomic mass is 10.1. The zero-order valence-corrected chi connectivity index (χ0v) is 9.96. The maximum absolute atomic E-state index is 11.4. The average molecular weight is 270 g/mol. The van der Waals surface area contributed by atoms with Crippen LogP contribution in [0.1, 0.15) is 18.6 Å². The molecule has 0 fully saturated rings. The Hall–Kier alpha value is -2.58. The van der Waals surface area contributed by atoms with Crippen molar-refractivity contribution < 1.29 is 24.0 Å². The van der Waals surface area contributed by atoms with Gasteiger partial charge in [-0.3, -0.25) is 4.79 Å². The summed E-state index contributed by atoms with van der Waals surface area (Å²) in [5.41, 5.74) is 4.92. The molecular weight excluding hydrogens is 256 g/mol. The van der Waals surface area contributed by atoms with Crippen LogP contribution in [0.25, 0.3) is 0 Å². The molecule has 0 saturated heterocycles. The van der Waals surface area contributed by atoms with E-state index in [0.717, 1.165) is 0 Å². The molecule has 9 nitrogen and oxygen atoms in total. The van der Waals surface area contributed by atoms with Crippen molar-refractivity contribution >= 4 is 17.9 Å². The van der Waals surface area contributed by atoms with Crippen molar-refractivity contribution in [3.63, 3.8) is 0 Å². The predicted octanol–water partition coefficient (Wildman–Crippen LogP) is -0.807. The molecule has 5 N–H and O–H groups in total. The summed E-state index contributed by atoms with van der Waals surface area (Å²) in [4.78, 5) is 32.9. The summed E-state index contributed by atoms with van der Waals surface area (Å²) >= 11 is 0. The number of hydrogen-bond donors (Lipinski definition) is 4. The summed E-state index contributed by atoms with van der Waals surface area (Å²) in [6.07, 6.45) is 1.22. The van der Waals surface area contributed by atoms with E-state index in [2.05, 4.69) is 15.8 Å². The van der Waals surface area contributed by atoms with E-state index in [1.54, 1.807) is 6.07 Å². The quantitative estimate of drug-likeness (QED) is 0.509. The van der Waals surface area contributed by atoms with Gasteiger partial charge in [0.1, 0.15) is 6.04 Å². The molecule has 0 spiro atoms. The molecule has 0 aliphatic rings. The SMILES string of the molecule is NC(=O)CC[C@H](NC(=O)NCc1ccno1)C(=O)O. The standard InChI is InChI=1S/C10H14N4O5/c11-8(15)2-1-7(9(16)17)14-10(18)12-5-6-3-4-13-19-6/h3-4,7H,1-2,5H2,(H2,11,15)(H,16,17)(H2,12,14,18)/t7-/m0/s1. The van der Waals surface area contributed by atoms with E-state index < -0.39 is 23.9 Å². The molecule has 9 heteroatoms. The number of primary amides is 1. The Morgan fingerprint density at radius 3 is 2.74 bits per heavy atom. The number of rotatable bonds is 7. The van der Waals surface area contributed by atoms with Crippen molar-refractivity contribution in [1.29, 1.82) is 0 Å². The molecule has 104 valence electrons. The summed E-state index contributed by atoms with van der Waals surface area (Å²) < 4.78 is 4.75. The smallest absolute Gasteiger partial charge is 0.326 e. The number of nitrogens with one attached hydrogen (secondary N) is 2. The van der Waals surface area contributed by atoms with Gasteiger partial charge in [0, 0.05) is 12.5 Å². The molecule has 0 aromatic carbocycles. The van der Waals surface area contributed by atoms with Crippen LogP contribution in [0.15, 0.2) is 16.8 Å². The van der Waals surface area contributed by atoms with Gasteiger partial charge in [-0.15, -0.1) is 0 Å². The highest BCUT2D eigenvalue weighted by molar-refractivity contribution is 5.83. The fourth-order valence-electron chi connectivity index (χ4n) is 1.25. The highest BCUT2D eigenvalue weighted by atomic mass is 16.5. The highest BCUT2D eigenvalue weighted by Gasteiger charge is 2.20. The number of amides is 3. The summed E-state index contributed by atoms with van der Waals surface area (Å²) in [5, 5.41) is 16.9. The zero-order chi connectivity index (χ0) is 14.3. The maximum atomic E-state index is 11.4. The summed E-state index contributed by atoms with van der Waals surface area (Å²) in [5.74, 6) is -1.44. The van der Waals surface area contributed by atoms with E-state index in [1.807, 2.05) is 0 Å². The molecule has 19 heavy (non-hydrogen) atoms. The third-order valence-electron chi connectivity index (χ3n) is 2.20. The first-order valence-electron chi connectivity index (χ1n) is 5.44. The molecule has 1 heterocycles. The Kier molecular flexibility index (Phi) is 5.33. The molecule has 1 aromatic rings. The van der Waals surface area contributed by atoms with Crippen molar-refractivity contribution in [2.24, 2.45) is 5.73 Å². The lowest BCUT2D eigenvalue weighted by molar-refractivity contribution is -0.139. The van der Waals surface area contributed by atoms with Crippen LogP contribution in [0.2, 0.25) is 0 Å². The Balaban J connectivity index is 2.38. The topological polar surface area (TPSA) is 148 Å². The largest absolute Gasteiger partial charge is 0.480 e. The third-order valence-corrected chi connectivity index (χ3v) is 2.20. The summed E-state index contributed by atoms with van der Waals surface area (Å²) in [6.45, 7) is 0.0774. The first-order chi connectivity index (χ1) is 8.99. The monoisotopic (exact) mass is 270 g/mol. The number of hydrogen-bond acceptors (Lipinski definition) is 5. The normalized spacial score (nSPS) is 11.6. The second-order valence-electron chi connectivity index (χ2n) is 3.70. The van der Waals surface area contributed by atoms with E-state index in [0.29, 0.717) is 5.76 Å². The number of carbonyl (C=O) groups is 3. The third kappa shape index (κ3) is 5.52. The van der Waals surface area contributed by atoms with Gasteiger partial charge in [0.15, 0.2) is 5.76 Å². The number of nitrogens with zero attached hydrogens (tertiary/aromatic N) is 1. The van der Waals surface area contributed by atoms with Crippen LogP contribution in [0.3, 0.4) is 0 Å². The number of aliphatic carboxylic acids is 1. The average Bonchev–Trinajstić information content (AvgIpc) is 2.84. The molecule has 0 unspecified atom stereocenters. The Bertz CT molecular complexity index is 445. The fraction of sp³-hybridized carbons (Fsp3) is 0.400. The molecule has 0 aliphatic carbocycles. The first-order valence-corrected chi connectivity index (χ1v) is 5.44. The summed E-state index contributed by atoms with van der Waals surface area (Å²) in [7, 11) is 0. The predicted molar refractivity (Wildman–Crippen MR) is 61.7 cm³/mol. The van der Waals surface area contributed by atoms with Gasteiger partial charge in [-0.25, -0.2) is 9.59 Å². The highest BCUT2D eigenvalue weighted by Crippen LogP contribution is 1.98. The van der Waals surface area contributed by atoms with Crippen LogP contribution < -0.4 is 16.4 Å². The second-order valence-corrected chi connectivity index (χ2v) is 3.70. The van der Waals surface area contributed by atoms with E-state index in [-0.39, 0.29) is 19.4 Å². The van der Waals surface area contributed by atoms with Crippen molar-refractivity contribution in [1.82, 2.24) is 15.8 Å². The van der Waals surface area contributed by atoms with Crippen LogP contribution in [0.5, 0.6) is 0 Å². The van der Waals surface area contributed by atoms with Gasteiger partial charge in [0.2, 0.25) is 5.91 Å². The lowest BCUT2D eigenvalue weighted by Gasteiger charge is -2.13. The minimum Gasteiger partial charge on any atom is -0.480 e. The molecule has 1 aromatic heterocycles. The Morgan fingerprint density at radius 1 is 1.47 bits per heavy atom. The number of urea groups is 1. The van der Waals surface area contributed by atoms with Crippen LogP contribution in [-0.4, -0.2) is 34.2 Å². The van der Waals surface area contributed by atoms with Gasteiger partial charge < -0.3 is 26.0 Å². The summed E-state index contributed by atoms with van der Waals surface area (Å²) in [6, 6.07) is -0.308. The molecule has 1 atom stereocenters. The molecule has 0 radical (unpaired) electrons. The van der Waals surface area contributed by atoms with Crippen molar-refractivity contribution in [2.75, 3.05) is 0 Å². The van der Waals surface area contributed by atoms with Gasteiger partial charge >= 0.3 is 12.0 Å². The second kappa shape index (κ2) is 6.99. The number of aromatic nitrogens is 1. The van der Waals surface area contributed by atoms with Gasteiger partial charge in [0.25, 0.3) is 0 Å². The number of carboxylic acids is 1. The van der Waals surface area contributed by atoms with Gasteiger partial charge in [0.05, 0.1) is 12.7 Å². The Morgan fingerprint density at radius 2 is 2.21 bits per heavy atom. The number of carboxylic acid groups (broad SMARTS) is 1. The van der Waals surface area contributed by atoms with Gasteiger partial charge in [-0.2, -0.15) is 0 Å². The lowest BCUT2D eigenvalue weighted by Crippen LogP contribution is -2.46. The molecule has 0 aliphatic heterocycles. The molecule has 0 saturated carbocycles. The minimum absolute atomic E-state index is 0.0691. The number of carbonyl (C=O) groups excluding carboxylic acids is 2. The van der Waals surface area contributed by atoms with E-state index in [1.165, 1.54) is 6.20 Å². The zero-order valence-electron chi connectivity index (χ0n) is 9.96. The van der Waals surface area contributed by atoms with Crippen LogP contribution in [0, 0.1) is 0 Å². The number of nitrogens with two attached hydrogens (primary N) is 1. The molecular formula is C10H14N4O5. The van der Waals surface area contributed by atoms with Crippen molar-refractivity contribution in [2.45, 2.75) is 25.4 Å². The molecule has 1 rings (SSSR count). The molecule has 3 amide bonds. The van der Waals surface area contributed by atoms with Crippen LogP contribution in [0.4, 0.5) is 4.79 Å². The van der Waals surface area contributed by atoms with Crippen molar-refractivity contribution in [3.8, 4) is 0 Å². The van der Waals surface area contributed by atoms with E-state index in [4.69, 9.17) is 15.4 Å². The van der Waals surface area contributed by atoms with Crippen molar-refractivity contribution in [3.05, 3.63) is 18.0 Å².